The number of carbonyl (C=O) groups is 3. The Morgan fingerprint density at radius 3 is 2.88 bits per heavy atom. The molecule has 0 aromatic rings. The lowest BCUT2D eigenvalue weighted by molar-refractivity contribution is -0.146. The third kappa shape index (κ3) is 4.51. The number of thioether (sulfide) groups is 1. The van der Waals surface area contributed by atoms with Crippen LogP contribution < -0.4 is 11.1 Å². The van der Waals surface area contributed by atoms with E-state index in [-0.39, 0.29) is 18.5 Å². The number of rotatable bonds is 1. The molecule has 1 unspecified atom stereocenters. The Morgan fingerprint density at radius 2 is 2.17 bits per heavy atom. The van der Waals surface area contributed by atoms with Gasteiger partial charge in [-0.25, -0.2) is 9.59 Å². The molecule has 3 N–H and O–H groups in total. The summed E-state index contributed by atoms with van der Waals surface area (Å²) in [6.45, 7) is 1.80. The molecule has 0 radical (unpaired) electrons. The summed E-state index contributed by atoms with van der Waals surface area (Å²) >= 11 is 1.49. The molecule has 0 aromatic carbocycles. The SMILES string of the molecule is COC(=O)[C@@H]1CSCC2=C(C(=O)OC[C@H](N)C(=O)N1)C(C)CCC2. The summed E-state index contributed by atoms with van der Waals surface area (Å²) in [6, 6.07) is -1.78. The number of methoxy groups -OCH3 is 1. The zero-order chi connectivity index (χ0) is 17.7. The number of ether oxygens (including phenoxy) is 2. The molecule has 7 nitrogen and oxygen atoms in total. The van der Waals surface area contributed by atoms with Gasteiger partial charge >= 0.3 is 11.9 Å². The lowest BCUT2D eigenvalue weighted by Crippen LogP contribution is -2.51. The topological polar surface area (TPSA) is 108 Å². The van der Waals surface area contributed by atoms with Gasteiger partial charge in [-0.15, -0.1) is 0 Å². The van der Waals surface area contributed by atoms with Crippen LogP contribution in [0.3, 0.4) is 0 Å². The minimum Gasteiger partial charge on any atom is -0.467 e. The predicted molar refractivity (Wildman–Crippen MR) is 90.2 cm³/mol. The monoisotopic (exact) mass is 356 g/mol. The van der Waals surface area contributed by atoms with Crippen LogP contribution >= 0.6 is 11.8 Å². The van der Waals surface area contributed by atoms with Crippen LogP contribution in [0.2, 0.25) is 0 Å². The van der Waals surface area contributed by atoms with Crippen molar-refractivity contribution in [3.8, 4) is 0 Å². The van der Waals surface area contributed by atoms with Gasteiger partial charge in [-0.2, -0.15) is 11.8 Å². The first-order valence-corrected chi connectivity index (χ1v) is 9.20. The highest BCUT2D eigenvalue weighted by molar-refractivity contribution is 7.99. The smallest absolute Gasteiger partial charge is 0.334 e. The van der Waals surface area contributed by atoms with E-state index in [1.165, 1.54) is 18.9 Å². The Kier molecular flexibility index (Phi) is 6.68. The molecule has 2 rings (SSSR count). The molecule has 24 heavy (non-hydrogen) atoms. The van der Waals surface area contributed by atoms with E-state index in [9.17, 15) is 14.4 Å². The van der Waals surface area contributed by atoms with Gasteiger partial charge in [-0.1, -0.05) is 6.92 Å². The standard InChI is InChI=1S/C16H24N2O5S/c1-9-4-3-5-10-7-24-8-12(15(20)22-2)18-14(19)11(17)6-23-16(21)13(9)10/h9,11-12H,3-8,17H2,1-2H3,(H,18,19)/t9?,11-,12-/m0/s1. The Balaban J connectivity index is 2.23. The van der Waals surface area contributed by atoms with E-state index in [2.05, 4.69) is 5.32 Å². The molecule has 1 aliphatic carbocycles. The minimum atomic E-state index is -1.02. The molecule has 0 bridgehead atoms. The van der Waals surface area contributed by atoms with Gasteiger partial charge in [-0.05, 0) is 30.8 Å². The van der Waals surface area contributed by atoms with E-state index < -0.39 is 24.0 Å². The van der Waals surface area contributed by atoms with Crippen LogP contribution in [0.25, 0.3) is 0 Å². The van der Waals surface area contributed by atoms with E-state index in [1.807, 2.05) is 6.92 Å². The molecule has 2 aliphatic rings. The summed E-state index contributed by atoms with van der Waals surface area (Å²) in [6.07, 6.45) is 2.82. The fraction of sp³-hybridized carbons (Fsp3) is 0.688. The molecule has 8 heteroatoms. The zero-order valence-electron chi connectivity index (χ0n) is 14.0. The average Bonchev–Trinajstić information content (AvgIpc) is 2.56. The maximum absolute atomic E-state index is 12.4. The van der Waals surface area contributed by atoms with Crippen molar-refractivity contribution in [3.63, 3.8) is 0 Å². The van der Waals surface area contributed by atoms with Gasteiger partial charge in [0.1, 0.15) is 18.7 Å². The van der Waals surface area contributed by atoms with Crippen molar-refractivity contribution in [1.82, 2.24) is 5.32 Å². The summed E-state index contributed by atoms with van der Waals surface area (Å²) < 4.78 is 9.98. The van der Waals surface area contributed by atoms with E-state index >= 15 is 0 Å². The summed E-state index contributed by atoms with van der Waals surface area (Å²) in [5, 5.41) is 2.56. The minimum absolute atomic E-state index is 0.131. The molecule has 0 saturated carbocycles. The van der Waals surface area contributed by atoms with Crippen molar-refractivity contribution in [3.05, 3.63) is 11.1 Å². The Bertz CT molecular complexity index is 549. The molecule has 134 valence electrons. The second kappa shape index (κ2) is 8.53. The van der Waals surface area contributed by atoms with E-state index in [4.69, 9.17) is 15.2 Å². The van der Waals surface area contributed by atoms with E-state index in [0.717, 1.165) is 24.8 Å². The fourth-order valence-corrected chi connectivity index (χ4v) is 4.07. The zero-order valence-corrected chi connectivity index (χ0v) is 14.8. The molecule has 0 spiro atoms. The Morgan fingerprint density at radius 1 is 1.42 bits per heavy atom. The maximum atomic E-state index is 12.4. The first-order valence-electron chi connectivity index (χ1n) is 8.04. The Hall–Kier alpha value is -1.54. The number of hydrogen-bond donors (Lipinski definition) is 2. The van der Waals surface area contributed by atoms with Crippen LogP contribution in [0.1, 0.15) is 26.2 Å². The van der Waals surface area contributed by atoms with Crippen LogP contribution in [-0.2, 0) is 23.9 Å². The van der Waals surface area contributed by atoms with Gasteiger partial charge in [0.2, 0.25) is 5.91 Å². The van der Waals surface area contributed by atoms with Gasteiger partial charge < -0.3 is 20.5 Å². The van der Waals surface area contributed by atoms with Crippen molar-refractivity contribution in [2.45, 2.75) is 38.3 Å². The van der Waals surface area contributed by atoms with Gasteiger partial charge in [-0.3, -0.25) is 4.79 Å². The number of nitrogens with one attached hydrogen (secondary N) is 1. The first kappa shape index (κ1) is 18.8. The van der Waals surface area contributed by atoms with Crippen molar-refractivity contribution in [1.29, 1.82) is 0 Å². The van der Waals surface area contributed by atoms with Crippen LogP contribution in [0.4, 0.5) is 0 Å². The molecular formula is C16H24N2O5S. The van der Waals surface area contributed by atoms with Crippen molar-refractivity contribution in [2.24, 2.45) is 11.7 Å². The number of esters is 2. The molecule has 1 heterocycles. The normalized spacial score (nSPS) is 29.5. The van der Waals surface area contributed by atoms with Crippen molar-refractivity contribution in [2.75, 3.05) is 25.2 Å². The summed E-state index contributed by atoms with van der Waals surface area (Å²) in [5.74, 6) is -0.304. The third-order valence-electron chi connectivity index (χ3n) is 4.30. The highest BCUT2D eigenvalue weighted by atomic mass is 32.2. The molecule has 0 aromatic heterocycles. The van der Waals surface area contributed by atoms with Crippen LogP contribution in [0.15, 0.2) is 11.1 Å². The largest absolute Gasteiger partial charge is 0.467 e. The lowest BCUT2D eigenvalue weighted by Gasteiger charge is -2.27. The van der Waals surface area contributed by atoms with Gasteiger partial charge in [0.05, 0.1) is 7.11 Å². The number of hydrogen-bond acceptors (Lipinski definition) is 7. The maximum Gasteiger partial charge on any atom is 0.334 e. The van der Waals surface area contributed by atoms with Gasteiger partial charge in [0, 0.05) is 17.1 Å². The van der Waals surface area contributed by atoms with Crippen molar-refractivity contribution < 1.29 is 23.9 Å². The summed E-state index contributed by atoms with van der Waals surface area (Å²) in [7, 11) is 1.28. The predicted octanol–water partition coefficient (Wildman–Crippen LogP) is 0.378. The molecular weight excluding hydrogens is 332 g/mol. The molecule has 1 amide bonds. The third-order valence-corrected chi connectivity index (χ3v) is 5.42. The lowest BCUT2D eigenvalue weighted by atomic mass is 9.84. The Labute approximate surface area is 145 Å². The molecule has 0 saturated heterocycles. The van der Waals surface area contributed by atoms with E-state index in [0.29, 0.717) is 17.1 Å². The molecule has 0 fully saturated rings. The quantitative estimate of drug-likeness (QED) is 0.654. The second-order valence-corrected chi connectivity index (χ2v) is 7.15. The number of carbonyl (C=O) groups excluding carboxylic acids is 3. The van der Waals surface area contributed by atoms with Crippen molar-refractivity contribution >= 4 is 29.6 Å². The van der Waals surface area contributed by atoms with E-state index in [1.54, 1.807) is 0 Å². The summed E-state index contributed by atoms with van der Waals surface area (Å²) in [5.41, 5.74) is 7.53. The van der Waals surface area contributed by atoms with Crippen LogP contribution in [0, 0.1) is 5.92 Å². The number of amides is 1. The number of cyclic esters (lactones) is 1. The fourth-order valence-electron chi connectivity index (χ4n) is 2.95. The van der Waals surface area contributed by atoms with Crippen LogP contribution in [0.5, 0.6) is 0 Å². The van der Waals surface area contributed by atoms with Gasteiger partial charge in [0.15, 0.2) is 0 Å². The van der Waals surface area contributed by atoms with Crippen LogP contribution in [-0.4, -0.2) is 55.2 Å². The highest BCUT2D eigenvalue weighted by Gasteiger charge is 2.30. The van der Waals surface area contributed by atoms with Gasteiger partial charge in [0.25, 0.3) is 0 Å². The molecule has 3 atom stereocenters. The second-order valence-electron chi connectivity index (χ2n) is 6.11. The highest BCUT2D eigenvalue weighted by Crippen LogP contribution is 2.33. The average molecular weight is 356 g/mol. The molecule has 1 aliphatic heterocycles. The summed E-state index contributed by atoms with van der Waals surface area (Å²) in [4.78, 5) is 36.3. The number of nitrogens with two attached hydrogens (primary N) is 1. The first-order chi connectivity index (χ1) is 11.4.